The average Bonchev–Trinajstić information content (AvgIpc) is 3.06. The van der Waals surface area contributed by atoms with Crippen molar-refractivity contribution in [3.63, 3.8) is 0 Å². The lowest BCUT2D eigenvalue weighted by Crippen LogP contribution is -2.34. The standard InChI is InChI=1S/C18H19NO2S/c1-13-5-7-16(21-2)18-15(13)4-3-10-19(18)17(20)8-6-14-9-11-22-12-14/h5-9,11-12H,3-4,10H2,1-2H3/b8-6+. The highest BCUT2D eigenvalue weighted by Gasteiger charge is 2.25. The zero-order valence-electron chi connectivity index (χ0n) is 12.8. The van der Waals surface area contributed by atoms with E-state index < -0.39 is 0 Å². The average molecular weight is 313 g/mol. The van der Waals surface area contributed by atoms with Crippen LogP contribution < -0.4 is 9.64 Å². The number of anilines is 1. The molecule has 0 bridgehead atoms. The van der Waals surface area contributed by atoms with Gasteiger partial charge in [0.05, 0.1) is 12.8 Å². The molecule has 0 aliphatic carbocycles. The van der Waals surface area contributed by atoms with Gasteiger partial charge in [0, 0.05) is 12.6 Å². The largest absolute Gasteiger partial charge is 0.495 e. The van der Waals surface area contributed by atoms with Gasteiger partial charge >= 0.3 is 0 Å². The summed E-state index contributed by atoms with van der Waals surface area (Å²) in [5.74, 6) is 0.786. The Kier molecular flexibility index (Phi) is 4.29. The van der Waals surface area contributed by atoms with Gasteiger partial charge in [0.25, 0.3) is 5.91 Å². The minimum absolute atomic E-state index is 0.0102. The van der Waals surface area contributed by atoms with Crippen molar-refractivity contribution in [1.82, 2.24) is 0 Å². The van der Waals surface area contributed by atoms with Crippen LogP contribution in [-0.2, 0) is 11.2 Å². The van der Waals surface area contributed by atoms with E-state index in [1.807, 2.05) is 33.9 Å². The van der Waals surface area contributed by atoms with E-state index in [0.29, 0.717) is 0 Å². The summed E-state index contributed by atoms with van der Waals surface area (Å²) in [4.78, 5) is 14.5. The topological polar surface area (TPSA) is 29.5 Å². The molecular formula is C18H19NO2S. The van der Waals surface area contributed by atoms with E-state index >= 15 is 0 Å². The number of carbonyl (C=O) groups excluding carboxylic acids is 1. The summed E-state index contributed by atoms with van der Waals surface area (Å²) >= 11 is 1.63. The van der Waals surface area contributed by atoms with Crippen LogP contribution in [0, 0.1) is 6.92 Å². The van der Waals surface area contributed by atoms with Crippen LogP contribution in [0.15, 0.2) is 35.0 Å². The second-order valence-electron chi connectivity index (χ2n) is 5.40. The lowest BCUT2D eigenvalue weighted by molar-refractivity contribution is -0.114. The van der Waals surface area contributed by atoms with Crippen LogP contribution in [0.2, 0.25) is 0 Å². The normalized spacial score (nSPS) is 14.2. The number of benzene rings is 1. The first-order valence-electron chi connectivity index (χ1n) is 7.39. The van der Waals surface area contributed by atoms with Crippen LogP contribution in [0.5, 0.6) is 5.75 Å². The van der Waals surface area contributed by atoms with Gasteiger partial charge in [-0.15, -0.1) is 0 Å². The smallest absolute Gasteiger partial charge is 0.251 e. The predicted octanol–water partition coefficient (Wildman–Crippen LogP) is 4.06. The molecule has 0 atom stereocenters. The Morgan fingerprint density at radius 1 is 1.36 bits per heavy atom. The summed E-state index contributed by atoms with van der Waals surface area (Å²) in [5.41, 5.74) is 4.44. The first kappa shape index (κ1) is 14.9. The van der Waals surface area contributed by atoms with Crippen LogP contribution in [0.4, 0.5) is 5.69 Å². The maximum absolute atomic E-state index is 12.6. The number of nitrogens with zero attached hydrogens (tertiary/aromatic N) is 1. The van der Waals surface area contributed by atoms with Gasteiger partial charge in [0.2, 0.25) is 0 Å². The summed E-state index contributed by atoms with van der Waals surface area (Å²) in [6.07, 6.45) is 5.50. The van der Waals surface area contributed by atoms with Gasteiger partial charge in [0.15, 0.2) is 0 Å². The molecule has 1 aromatic carbocycles. The number of hydrogen-bond donors (Lipinski definition) is 0. The van der Waals surface area contributed by atoms with Crippen molar-refractivity contribution in [2.45, 2.75) is 19.8 Å². The predicted molar refractivity (Wildman–Crippen MR) is 91.8 cm³/mol. The Morgan fingerprint density at radius 2 is 2.23 bits per heavy atom. The molecule has 1 aromatic heterocycles. The molecule has 1 aliphatic heterocycles. The highest BCUT2D eigenvalue weighted by molar-refractivity contribution is 7.08. The summed E-state index contributed by atoms with van der Waals surface area (Å²) in [7, 11) is 1.66. The van der Waals surface area contributed by atoms with Crippen LogP contribution in [-0.4, -0.2) is 19.6 Å². The Morgan fingerprint density at radius 3 is 2.95 bits per heavy atom. The maximum atomic E-state index is 12.6. The van der Waals surface area contributed by atoms with Crippen molar-refractivity contribution in [2.75, 3.05) is 18.6 Å². The van der Waals surface area contributed by atoms with Crippen molar-refractivity contribution < 1.29 is 9.53 Å². The van der Waals surface area contributed by atoms with E-state index in [2.05, 4.69) is 13.0 Å². The number of carbonyl (C=O) groups is 1. The number of methoxy groups -OCH3 is 1. The van der Waals surface area contributed by atoms with E-state index in [1.54, 1.807) is 24.5 Å². The van der Waals surface area contributed by atoms with Crippen molar-refractivity contribution in [2.24, 2.45) is 0 Å². The van der Waals surface area contributed by atoms with Crippen LogP contribution in [0.3, 0.4) is 0 Å². The molecule has 3 nitrogen and oxygen atoms in total. The molecule has 1 aliphatic rings. The number of fused-ring (bicyclic) bond motifs is 1. The van der Waals surface area contributed by atoms with Gasteiger partial charge in [-0.25, -0.2) is 0 Å². The fraction of sp³-hybridized carbons (Fsp3) is 0.278. The monoisotopic (exact) mass is 313 g/mol. The number of amides is 1. The fourth-order valence-corrected chi connectivity index (χ4v) is 3.49. The molecule has 22 heavy (non-hydrogen) atoms. The zero-order chi connectivity index (χ0) is 15.5. The molecule has 3 rings (SSSR count). The van der Waals surface area contributed by atoms with Crippen LogP contribution >= 0.6 is 11.3 Å². The van der Waals surface area contributed by atoms with Gasteiger partial charge in [0.1, 0.15) is 5.75 Å². The molecule has 114 valence electrons. The van der Waals surface area contributed by atoms with Crippen molar-refractivity contribution >= 4 is 29.0 Å². The third-order valence-electron chi connectivity index (χ3n) is 4.01. The Hall–Kier alpha value is -2.07. The second-order valence-corrected chi connectivity index (χ2v) is 6.18. The summed E-state index contributed by atoms with van der Waals surface area (Å²) in [6.45, 7) is 2.83. The van der Waals surface area contributed by atoms with E-state index in [1.165, 1.54) is 11.1 Å². The molecule has 1 amide bonds. The van der Waals surface area contributed by atoms with Crippen molar-refractivity contribution in [3.8, 4) is 5.75 Å². The minimum Gasteiger partial charge on any atom is -0.495 e. The molecule has 2 heterocycles. The lowest BCUT2D eigenvalue weighted by Gasteiger charge is -2.31. The third kappa shape index (κ3) is 2.79. The minimum atomic E-state index is 0.0102. The van der Waals surface area contributed by atoms with Crippen molar-refractivity contribution in [3.05, 3.63) is 51.7 Å². The molecule has 0 saturated heterocycles. The Bertz CT molecular complexity index is 704. The Balaban J connectivity index is 1.94. The van der Waals surface area contributed by atoms with Gasteiger partial charge in [-0.3, -0.25) is 4.79 Å². The molecule has 0 N–H and O–H groups in total. The van der Waals surface area contributed by atoms with E-state index in [-0.39, 0.29) is 5.91 Å². The summed E-state index contributed by atoms with van der Waals surface area (Å²) in [6, 6.07) is 6.01. The van der Waals surface area contributed by atoms with Gasteiger partial charge in [-0.1, -0.05) is 6.07 Å². The summed E-state index contributed by atoms with van der Waals surface area (Å²) in [5, 5.41) is 4.03. The fourth-order valence-electron chi connectivity index (χ4n) is 2.87. The van der Waals surface area contributed by atoms with E-state index in [9.17, 15) is 4.79 Å². The third-order valence-corrected chi connectivity index (χ3v) is 4.71. The molecule has 2 aromatic rings. The van der Waals surface area contributed by atoms with Crippen LogP contribution in [0.25, 0.3) is 6.08 Å². The van der Waals surface area contributed by atoms with Crippen molar-refractivity contribution in [1.29, 1.82) is 0 Å². The molecule has 0 spiro atoms. The van der Waals surface area contributed by atoms with E-state index in [0.717, 1.165) is 36.4 Å². The zero-order valence-corrected chi connectivity index (χ0v) is 13.7. The Labute approximate surface area is 134 Å². The highest BCUT2D eigenvalue weighted by Crippen LogP contribution is 2.38. The first-order valence-corrected chi connectivity index (χ1v) is 8.33. The van der Waals surface area contributed by atoms with Gasteiger partial charge in [-0.2, -0.15) is 11.3 Å². The molecule has 0 saturated carbocycles. The molecule has 0 unspecified atom stereocenters. The summed E-state index contributed by atoms with van der Waals surface area (Å²) < 4.78 is 5.48. The van der Waals surface area contributed by atoms with Gasteiger partial charge in [-0.05, 0) is 65.4 Å². The molecule has 0 fully saturated rings. The SMILES string of the molecule is COc1ccc(C)c2c1N(C(=O)/C=C/c1ccsc1)CCC2. The van der Waals surface area contributed by atoms with Gasteiger partial charge < -0.3 is 9.64 Å². The number of thiophene rings is 1. The first-order chi connectivity index (χ1) is 10.7. The lowest BCUT2D eigenvalue weighted by atomic mass is 9.96. The van der Waals surface area contributed by atoms with Crippen LogP contribution in [0.1, 0.15) is 23.1 Å². The number of ether oxygens (including phenoxy) is 1. The number of aryl methyl sites for hydroxylation is 1. The number of rotatable bonds is 3. The highest BCUT2D eigenvalue weighted by atomic mass is 32.1. The molecular weight excluding hydrogens is 294 g/mol. The molecule has 0 radical (unpaired) electrons. The van der Waals surface area contributed by atoms with E-state index in [4.69, 9.17) is 4.74 Å². The molecule has 4 heteroatoms. The maximum Gasteiger partial charge on any atom is 0.251 e. The number of hydrogen-bond acceptors (Lipinski definition) is 3. The second kappa shape index (κ2) is 6.36. The quantitative estimate of drug-likeness (QED) is 0.800.